The van der Waals surface area contributed by atoms with Gasteiger partial charge in [0.25, 0.3) is 0 Å². The lowest BCUT2D eigenvalue weighted by atomic mass is 10.1. The van der Waals surface area contributed by atoms with Gasteiger partial charge in [-0.05, 0) is 12.1 Å². The van der Waals surface area contributed by atoms with E-state index in [1.54, 1.807) is 0 Å². The lowest BCUT2D eigenvalue weighted by molar-refractivity contribution is -0.117. The Kier molecular flexibility index (Phi) is 3.59. The van der Waals surface area contributed by atoms with Gasteiger partial charge in [-0.25, -0.2) is 9.18 Å². The number of hydrogen-bond donors (Lipinski definition) is 1. The highest BCUT2D eigenvalue weighted by Gasteiger charge is 2.33. The average Bonchev–Trinajstić information content (AvgIpc) is 2.56. The van der Waals surface area contributed by atoms with Gasteiger partial charge >= 0.3 is 5.97 Å². The Morgan fingerprint density at radius 1 is 1.56 bits per heavy atom. The molecule has 1 N–H and O–H groups in total. The molecule has 0 spiro atoms. The molecule has 1 aliphatic rings. The molecule has 0 radical (unpaired) electrons. The number of aromatic carboxylic acids is 1. The fraction of sp³-hybridized carbons (Fsp3) is 0.273. The maximum absolute atomic E-state index is 13.2. The number of carboxylic acids is 1. The van der Waals surface area contributed by atoms with Gasteiger partial charge in [0.2, 0.25) is 5.91 Å². The predicted octanol–water partition coefficient (Wildman–Crippen LogP) is 2.68. The quantitative estimate of drug-likeness (QED) is 0.845. The molecule has 7 heteroatoms. The molecule has 1 aromatic carbocycles. The number of rotatable bonds is 2. The Labute approximate surface area is 115 Å². The van der Waals surface area contributed by atoms with Crippen molar-refractivity contribution >= 4 is 45.1 Å². The molecule has 1 aromatic rings. The van der Waals surface area contributed by atoms with Crippen LogP contribution in [0.4, 0.5) is 10.1 Å². The van der Waals surface area contributed by atoms with Crippen molar-refractivity contribution in [3.8, 4) is 0 Å². The van der Waals surface area contributed by atoms with Crippen LogP contribution in [0.25, 0.3) is 0 Å². The second kappa shape index (κ2) is 4.85. The zero-order valence-corrected chi connectivity index (χ0v) is 11.3. The van der Waals surface area contributed by atoms with E-state index in [2.05, 4.69) is 15.9 Å². The van der Waals surface area contributed by atoms with Crippen LogP contribution in [0.5, 0.6) is 0 Å². The highest BCUT2D eigenvalue weighted by atomic mass is 79.9. The molecule has 1 saturated heterocycles. The summed E-state index contributed by atoms with van der Waals surface area (Å²) in [6.07, 6.45) is 0.257. The summed E-state index contributed by atoms with van der Waals surface area (Å²) in [5.41, 5.74) is -0.257. The summed E-state index contributed by atoms with van der Waals surface area (Å²) < 4.78 is 13.2. The highest BCUT2D eigenvalue weighted by Crippen LogP contribution is 2.35. The van der Waals surface area contributed by atoms with E-state index < -0.39 is 11.8 Å². The van der Waals surface area contributed by atoms with E-state index in [1.807, 2.05) is 0 Å². The molecule has 18 heavy (non-hydrogen) atoms. The molecular weight excluding hydrogens is 328 g/mol. The number of anilines is 1. The number of carbonyl (C=O) groups excluding carboxylic acids is 1. The van der Waals surface area contributed by atoms with Crippen LogP contribution in [0.1, 0.15) is 16.8 Å². The molecule has 4 nitrogen and oxygen atoms in total. The summed E-state index contributed by atoms with van der Waals surface area (Å²) in [5.74, 6) is -2.31. The molecule has 1 atom stereocenters. The topological polar surface area (TPSA) is 57.6 Å². The van der Waals surface area contributed by atoms with E-state index >= 15 is 0 Å². The Balaban J connectivity index is 2.56. The normalized spacial score (nSPS) is 19.4. The van der Waals surface area contributed by atoms with Gasteiger partial charge in [0.15, 0.2) is 0 Å². The Morgan fingerprint density at radius 2 is 2.22 bits per heavy atom. The van der Waals surface area contributed by atoms with Crippen LogP contribution in [0.15, 0.2) is 12.1 Å². The van der Waals surface area contributed by atoms with Crippen LogP contribution in [0.2, 0.25) is 5.02 Å². The van der Waals surface area contributed by atoms with Gasteiger partial charge in [-0.2, -0.15) is 0 Å². The van der Waals surface area contributed by atoms with Crippen molar-refractivity contribution < 1.29 is 19.1 Å². The number of carboxylic acid groups (broad SMARTS) is 1. The van der Waals surface area contributed by atoms with E-state index in [0.717, 1.165) is 12.1 Å². The Bertz CT molecular complexity index is 537. The number of alkyl halides is 1. The van der Waals surface area contributed by atoms with Crippen LogP contribution in [-0.2, 0) is 4.79 Å². The molecule has 1 aliphatic heterocycles. The van der Waals surface area contributed by atoms with Crippen LogP contribution < -0.4 is 4.90 Å². The lowest BCUT2D eigenvalue weighted by Crippen LogP contribution is -2.27. The first-order valence-electron chi connectivity index (χ1n) is 5.07. The fourth-order valence-corrected chi connectivity index (χ4v) is 2.76. The van der Waals surface area contributed by atoms with E-state index in [4.69, 9.17) is 16.7 Å². The van der Waals surface area contributed by atoms with Gasteiger partial charge in [0.05, 0.1) is 16.3 Å². The molecule has 1 heterocycles. The molecular formula is C11H8BrClFNO3. The minimum absolute atomic E-state index is 0.0533. The lowest BCUT2D eigenvalue weighted by Gasteiger charge is -2.19. The summed E-state index contributed by atoms with van der Waals surface area (Å²) in [6.45, 7) is 0.310. The van der Waals surface area contributed by atoms with Gasteiger partial charge in [-0.1, -0.05) is 27.5 Å². The second-order valence-electron chi connectivity index (χ2n) is 3.89. The average molecular weight is 337 g/mol. The maximum atomic E-state index is 13.2. The van der Waals surface area contributed by atoms with Crippen LogP contribution >= 0.6 is 27.5 Å². The van der Waals surface area contributed by atoms with Gasteiger partial charge < -0.3 is 10.0 Å². The third-order valence-corrected chi connectivity index (χ3v) is 3.51. The standard InChI is InChI=1S/C11H8BrClFNO3/c12-5-1-9(16)15(4-5)10-7(11(17)18)2-6(14)3-8(10)13/h2-3,5H,1,4H2,(H,17,18). The summed E-state index contributed by atoms with van der Waals surface area (Å²) in [6, 6.07) is 1.86. The molecule has 1 amide bonds. The van der Waals surface area contributed by atoms with Gasteiger partial charge in [0, 0.05) is 17.8 Å². The number of halogens is 3. The van der Waals surface area contributed by atoms with Crippen LogP contribution in [0.3, 0.4) is 0 Å². The number of amides is 1. The van der Waals surface area contributed by atoms with Gasteiger partial charge in [-0.15, -0.1) is 0 Å². The minimum atomic E-state index is -1.32. The third kappa shape index (κ3) is 2.35. The minimum Gasteiger partial charge on any atom is -0.478 e. The van der Waals surface area contributed by atoms with Crippen LogP contribution in [-0.4, -0.2) is 28.4 Å². The largest absolute Gasteiger partial charge is 0.478 e. The summed E-state index contributed by atoms with van der Waals surface area (Å²) in [7, 11) is 0. The molecule has 96 valence electrons. The van der Waals surface area contributed by atoms with E-state index in [0.29, 0.717) is 6.54 Å². The summed E-state index contributed by atoms with van der Waals surface area (Å²) >= 11 is 9.15. The molecule has 0 bridgehead atoms. The number of benzene rings is 1. The Hall–Kier alpha value is -1.14. The first kappa shape index (κ1) is 13.3. The monoisotopic (exact) mass is 335 g/mol. The zero-order valence-electron chi connectivity index (χ0n) is 8.99. The van der Waals surface area contributed by atoms with E-state index in [9.17, 15) is 14.0 Å². The van der Waals surface area contributed by atoms with Crippen molar-refractivity contribution in [2.45, 2.75) is 11.2 Å². The molecule has 2 rings (SSSR count). The third-order valence-electron chi connectivity index (χ3n) is 2.61. The molecule has 0 aromatic heterocycles. The van der Waals surface area contributed by atoms with Gasteiger partial charge in [-0.3, -0.25) is 4.79 Å². The summed E-state index contributed by atoms with van der Waals surface area (Å²) in [4.78, 5) is 24.1. The SMILES string of the molecule is O=C(O)c1cc(F)cc(Cl)c1N1CC(Br)CC1=O. The van der Waals surface area contributed by atoms with Crippen molar-refractivity contribution in [2.75, 3.05) is 11.4 Å². The Morgan fingerprint density at radius 3 is 2.72 bits per heavy atom. The van der Waals surface area contributed by atoms with Crippen LogP contribution in [0, 0.1) is 5.82 Å². The molecule has 1 unspecified atom stereocenters. The highest BCUT2D eigenvalue weighted by molar-refractivity contribution is 9.09. The predicted molar refractivity (Wildman–Crippen MR) is 68.1 cm³/mol. The number of nitrogens with zero attached hydrogens (tertiary/aromatic N) is 1. The first-order valence-corrected chi connectivity index (χ1v) is 6.36. The van der Waals surface area contributed by atoms with E-state index in [-0.39, 0.29) is 33.4 Å². The van der Waals surface area contributed by atoms with Crippen molar-refractivity contribution in [1.29, 1.82) is 0 Å². The van der Waals surface area contributed by atoms with E-state index in [1.165, 1.54) is 4.90 Å². The first-order chi connectivity index (χ1) is 8.40. The van der Waals surface area contributed by atoms with Gasteiger partial charge in [0.1, 0.15) is 5.82 Å². The van der Waals surface area contributed by atoms with Crippen molar-refractivity contribution in [3.05, 3.63) is 28.5 Å². The number of carbonyl (C=O) groups is 2. The fourth-order valence-electron chi connectivity index (χ4n) is 1.88. The molecule has 1 fully saturated rings. The zero-order chi connectivity index (χ0) is 13.4. The summed E-state index contributed by atoms with van der Waals surface area (Å²) in [5, 5.41) is 8.97. The van der Waals surface area contributed by atoms with Crippen molar-refractivity contribution in [3.63, 3.8) is 0 Å². The second-order valence-corrected chi connectivity index (χ2v) is 5.60. The molecule has 0 aliphatic carbocycles. The molecule has 0 saturated carbocycles. The van der Waals surface area contributed by atoms with Crippen molar-refractivity contribution in [1.82, 2.24) is 0 Å². The number of hydrogen-bond acceptors (Lipinski definition) is 2. The maximum Gasteiger partial charge on any atom is 0.337 e. The smallest absolute Gasteiger partial charge is 0.337 e. The van der Waals surface area contributed by atoms with Crippen molar-refractivity contribution in [2.24, 2.45) is 0 Å².